The molecule has 1 saturated heterocycles. The summed E-state index contributed by atoms with van der Waals surface area (Å²) in [7, 11) is 3.15. The van der Waals surface area contributed by atoms with Crippen LogP contribution in [-0.2, 0) is 0 Å². The Balaban J connectivity index is 1.34. The average molecular weight is 409 g/mol. The van der Waals surface area contributed by atoms with Crippen molar-refractivity contribution < 1.29 is 18.7 Å². The first-order valence-corrected chi connectivity index (χ1v) is 9.58. The van der Waals surface area contributed by atoms with Crippen molar-refractivity contribution in [1.29, 1.82) is 0 Å². The van der Waals surface area contributed by atoms with Gasteiger partial charge in [-0.3, -0.25) is 0 Å². The minimum atomic E-state index is -0.163. The lowest BCUT2D eigenvalue weighted by Gasteiger charge is -2.35. The van der Waals surface area contributed by atoms with Crippen LogP contribution < -0.4 is 19.7 Å². The molecule has 4 rings (SSSR count). The van der Waals surface area contributed by atoms with Crippen molar-refractivity contribution >= 4 is 17.5 Å². The quantitative estimate of drug-likeness (QED) is 0.692. The maximum atomic E-state index is 12.7. The first-order chi connectivity index (χ1) is 14.7. The molecule has 0 unspecified atom stereocenters. The molecule has 30 heavy (non-hydrogen) atoms. The average Bonchev–Trinajstić information content (AvgIpc) is 3.34. The standard InChI is InChI=1S/C21H23N5O4/c1-28-16-12-15(13-17(14-16)29-2)22-21(27)26-9-7-25(8-10-26)20-6-5-18(23-24-20)19-4-3-11-30-19/h3-6,11-14H,7-10H2,1-2H3,(H,22,27). The Hall–Kier alpha value is -3.75. The Morgan fingerprint density at radius 2 is 1.73 bits per heavy atom. The van der Waals surface area contributed by atoms with Crippen LogP contribution in [0.1, 0.15) is 0 Å². The minimum absolute atomic E-state index is 0.163. The van der Waals surface area contributed by atoms with Gasteiger partial charge in [0.05, 0.1) is 20.5 Å². The zero-order chi connectivity index (χ0) is 20.9. The van der Waals surface area contributed by atoms with Crippen LogP contribution in [0.5, 0.6) is 11.5 Å². The Morgan fingerprint density at radius 1 is 1.00 bits per heavy atom. The van der Waals surface area contributed by atoms with Gasteiger partial charge in [0.25, 0.3) is 0 Å². The number of nitrogens with zero attached hydrogens (tertiary/aromatic N) is 4. The van der Waals surface area contributed by atoms with Crippen molar-refractivity contribution in [3.63, 3.8) is 0 Å². The fraction of sp³-hybridized carbons (Fsp3) is 0.286. The number of furan rings is 1. The highest BCUT2D eigenvalue weighted by atomic mass is 16.5. The Kier molecular flexibility index (Phi) is 5.69. The second-order valence-corrected chi connectivity index (χ2v) is 6.76. The van der Waals surface area contributed by atoms with Crippen LogP contribution in [0.3, 0.4) is 0 Å². The third-order valence-corrected chi connectivity index (χ3v) is 4.92. The van der Waals surface area contributed by atoms with Gasteiger partial charge >= 0.3 is 6.03 Å². The molecule has 1 aliphatic heterocycles. The lowest BCUT2D eigenvalue weighted by molar-refractivity contribution is 0.208. The highest BCUT2D eigenvalue weighted by Crippen LogP contribution is 2.26. The number of hydrogen-bond donors (Lipinski definition) is 1. The van der Waals surface area contributed by atoms with E-state index in [0.29, 0.717) is 54.8 Å². The monoisotopic (exact) mass is 409 g/mol. The molecule has 1 fully saturated rings. The number of rotatable bonds is 5. The van der Waals surface area contributed by atoms with E-state index in [1.165, 1.54) is 0 Å². The number of carbonyl (C=O) groups is 1. The smallest absolute Gasteiger partial charge is 0.321 e. The van der Waals surface area contributed by atoms with Crippen molar-refractivity contribution in [1.82, 2.24) is 15.1 Å². The van der Waals surface area contributed by atoms with E-state index >= 15 is 0 Å². The van der Waals surface area contributed by atoms with Gasteiger partial charge in [0.2, 0.25) is 0 Å². The third kappa shape index (κ3) is 4.29. The van der Waals surface area contributed by atoms with Crippen molar-refractivity contribution in [2.24, 2.45) is 0 Å². The molecule has 0 aliphatic carbocycles. The minimum Gasteiger partial charge on any atom is -0.497 e. The lowest BCUT2D eigenvalue weighted by atomic mass is 10.2. The molecule has 1 aliphatic rings. The number of anilines is 2. The summed E-state index contributed by atoms with van der Waals surface area (Å²) in [5.74, 6) is 2.70. The number of ether oxygens (including phenoxy) is 2. The summed E-state index contributed by atoms with van der Waals surface area (Å²) in [6, 6.07) is 12.6. The van der Waals surface area contributed by atoms with E-state index in [-0.39, 0.29) is 6.03 Å². The van der Waals surface area contributed by atoms with Gasteiger partial charge in [-0.25, -0.2) is 4.79 Å². The van der Waals surface area contributed by atoms with Gasteiger partial charge in [0.1, 0.15) is 17.2 Å². The number of nitrogens with one attached hydrogen (secondary N) is 1. The molecule has 0 saturated carbocycles. The summed E-state index contributed by atoms with van der Waals surface area (Å²) >= 11 is 0. The molecule has 0 bridgehead atoms. The van der Waals surface area contributed by atoms with Crippen LogP contribution in [0.4, 0.5) is 16.3 Å². The molecular weight excluding hydrogens is 386 g/mol. The molecule has 156 valence electrons. The Morgan fingerprint density at radius 3 is 2.30 bits per heavy atom. The molecule has 9 heteroatoms. The van der Waals surface area contributed by atoms with E-state index in [1.54, 1.807) is 43.6 Å². The maximum Gasteiger partial charge on any atom is 0.321 e. The molecule has 3 aromatic rings. The van der Waals surface area contributed by atoms with Crippen molar-refractivity contribution in [3.05, 3.63) is 48.7 Å². The molecule has 1 N–H and O–H groups in total. The summed E-state index contributed by atoms with van der Waals surface area (Å²) in [5.41, 5.74) is 1.31. The van der Waals surface area contributed by atoms with Crippen molar-refractivity contribution in [3.8, 4) is 23.0 Å². The Bertz CT molecular complexity index is 961. The highest BCUT2D eigenvalue weighted by molar-refractivity contribution is 5.90. The number of hydrogen-bond acceptors (Lipinski definition) is 7. The van der Waals surface area contributed by atoms with Gasteiger partial charge in [-0.1, -0.05) is 0 Å². The first-order valence-electron chi connectivity index (χ1n) is 9.58. The van der Waals surface area contributed by atoms with E-state index in [4.69, 9.17) is 13.9 Å². The predicted octanol–water partition coefficient (Wildman–Crippen LogP) is 3.11. The van der Waals surface area contributed by atoms with Gasteiger partial charge in [0.15, 0.2) is 11.6 Å². The van der Waals surface area contributed by atoms with E-state index in [2.05, 4.69) is 20.4 Å². The van der Waals surface area contributed by atoms with E-state index in [1.807, 2.05) is 24.3 Å². The van der Waals surface area contributed by atoms with Gasteiger partial charge in [-0.15, -0.1) is 10.2 Å². The van der Waals surface area contributed by atoms with Crippen LogP contribution in [0.25, 0.3) is 11.5 Å². The molecule has 9 nitrogen and oxygen atoms in total. The molecule has 2 amide bonds. The van der Waals surface area contributed by atoms with E-state index in [0.717, 1.165) is 5.82 Å². The van der Waals surface area contributed by atoms with E-state index in [9.17, 15) is 4.79 Å². The van der Waals surface area contributed by atoms with Crippen LogP contribution in [-0.4, -0.2) is 61.5 Å². The molecule has 0 radical (unpaired) electrons. The number of amides is 2. The molecule has 2 aromatic heterocycles. The summed E-state index contributed by atoms with van der Waals surface area (Å²) < 4.78 is 15.8. The van der Waals surface area contributed by atoms with Gasteiger partial charge in [-0.05, 0) is 24.3 Å². The summed E-state index contributed by atoms with van der Waals surface area (Å²) in [5, 5.41) is 11.4. The van der Waals surface area contributed by atoms with Crippen LogP contribution in [0.2, 0.25) is 0 Å². The molecule has 3 heterocycles. The van der Waals surface area contributed by atoms with Crippen LogP contribution >= 0.6 is 0 Å². The SMILES string of the molecule is COc1cc(NC(=O)N2CCN(c3ccc(-c4ccco4)nn3)CC2)cc(OC)c1. The zero-order valence-electron chi connectivity index (χ0n) is 16.9. The van der Waals surface area contributed by atoms with Crippen LogP contribution in [0.15, 0.2) is 53.1 Å². The number of benzene rings is 1. The normalized spacial score (nSPS) is 13.8. The fourth-order valence-corrected chi connectivity index (χ4v) is 3.27. The van der Waals surface area contributed by atoms with Gasteiger partial charge in [-0.2, -0.15) is 0 Å². The predicted molar refractivity (Wildman–Crippen MR) is 112 cm³/mol. The summed E-state index contributed by atoms with van der Waals surface area (Å²) in [6.45, 7) is 2.50. The van der Waals surface area contributed by atoms with Crippen molar-refractivity contribution in [2.75, 3.05) is 50.6 Å². The number of methoxy groups -OCH3 is 2. The van der Waals surface area contributed by atoms with Gasteiger partial charge < -0.3 is 29.0 Å². The number of piperazine rings is 1. The lowest BCUT2D eigenvalue weighted by Crippen LogP contribution is -2.50. The second-order valence-electron chi connectivity index (χ2n) is 6.76. The molecule has 1 aromatic carbocycles. The molecule has 0 atom stereocenters. The zero-order valence-corrected chi connectivity index (χ0v) is 16.9. The second kappa shape index (κ2) is 8.73. The number of aromatic nitrogens is 2. The highest BCUT2D eigenvalue weighted by Gasteiger charge is 2.22. The largest absolute Gasteiger partial charge is 0.497 e. The number of urea groups is 1. The Labute approximate surface area is 174 Å². The maximum absolute atomic E-state index is 12.7. The van der Waals surface area contributed by atoms with Crippen molar-refractivity contribution in [2.45, 2.75) is 0 Å². The van der Waals surface area contributed by atoms with Gasteiger partial charge in [0, 0.05) is 50.1 Å². The summed E-state index contributed by atoms with van der Waals surface area (Å²) in [6.07, 6.45) is 1.61. The third-order valence-electron chi connectivity index (χ3n) is 4.92. The number of carbonyl (C=O) groups excluding carboxylic acids is 1. The summed E-state index contributed by atoms with van der Waals surface area (Å²) in [4.78, 5) is 16.5. The molecule has 0 spiro atoms. The van der Waals surface area contributed by atoms with E-state index < -0.39 is 0 Å². The van der Waals surface area contributed by atoms with Crippen LogP contribution in [0, 0.1) is 0 Å². The molecular formula is C21H23N5O4. The first kappa shape index (κ1) is 19.6. The fourth-order valence-electron chi connectivity index (χ4n) is 3.27. The topological polar surface area (TPSA) is 93.0 Å².